The fourth-order valence-corrected chi connectivity index (χ4v) is 6.91. The molecule has 0 atom stereocenters. The Kier molecular flexibility index (Phi) is 11.0. The van der Waals surface area contributed by atoms with Gasteiger partial charge in [-0.3, -0.25) is 0 Å². The molecule has 1 aliphatic rings. The van der Waals surface area contributed by atoms with Crippen molar-refractivity contribution in [3.8, 4) is 22.6 Å². The minimum atomic E-state index is -0.589. The van der Waals surface area contributed by atoms with Gasteiger partial charge in [0.15, 0.2) is 0 Å². The van der Waals surface area contributed by atoms with E-state index in [0.717, 1.165) is 35.5 Å². The van der Waals surface area contributed by atoms with Crippen molar-refractivity contribution in [1.29, 1.82) is 0 Å². The maximum atomic E-state index is 11.3. The Morgan fingerprint density at radius 3 is 1.51 bits per heavy atom. The minimum Gasteiger partial charge on any atom is -0.494 e. The van der Waals surface area contributed by atoms with Crippen molar-refractivity contribution < 1.29 is 28.5 Å². The van der Waals surface area contributed by atoms with Crippen molar-refractivity contribution in [1.82, 2.24) is 0 Å². The number of esters is 2. The summed E-state index contributed by atoms with van der Waals surface area (Å²) < 4.78 is 22.4. The molecule has 0 fully saturated rings. The second-order valence-electron chi connectivity index (χ2n) is 12.9. The number of aryl methyl sites for hydroxylation is 2. The van der Waals surface area contributed by atoms with Gasteiger partial charge in [0, 0.05) is 12.2 Å². The van der Waals surface area contributed by atoms with Gasteiger partial charge in [-0.05, 0) is 131 Å². The zero-order chi connectivity index (χ0) is 35.8. The lowest BCUT2D eigenvalue weighted by Gasteiger charge is -2.34. The highest BCUT2D eigenvalue weighted by molar-refractivity contribution is 5.96. The lowest BCUT2D eigenvalue weighted by molar-refractivity contribution is -0.138. The molecule has 0 saturated carbocycles. The quantitative estimate of drug-likeness (QED) is 0.0576. The van der Waals surface area contributed by atoms with Crippen molar-refractivity contribution in [2.45, 2.75) is 44.9 Å². The fraction of sp³-hybridized carbons (Fsp3) is 0.244. The first kappa shape index (κ1) is 35.2. The Hall–Kier alpha value is -5.62. The van der Waals surface area contributed by atoms with E-state index in [2.05, 4.69) is 124 Å². The average molecular weight is 681 g/mol. The van der Waals surface area contributed by atoms with Gasteiger partial charge in [-0.15, -0.1) is 0 Å². The summed E-state index contributed by atoms with van der Waals surface area (Å²) in [5.74, 6) is 0.766. The first-order chi connectivity index (χ1) is 24.8. The van der Waals surface area contributed by atoms with E-state index in [1.807, 2.05) is 0 Å². The van der Waals surface area contributed by atoms with Crippen LogP contribution in [0.2, 0.25) is 0 Å². The number of ether oxygens (including phenoxy) is 4. The molecule has 6 nitrogen and oxygen atoms in total. The van der Waals surface area contributed by atoms with Gasteiger partial charge in [0.25, 0.3) is 0 Å². The molecule has 1 aliphatic carbocycles. The molecular weight excluding hydrogens is 636 g/mol. The molecule has 0 unspecified atom stereocenters. The third-order valence-electron chi connectivity index (χ3n) is 9.63. The highest BCUT2D eigenvalue weighted by Gasteiger charge is 2.46. The SMILES string of the molecule is C=CC(=O)OCCCCOc1ccc(C2(c3ccc(OCCCCOC(=O)C=C)cc3)c3cc(C)c(C)cc3-c3cc4ccccc4cc32)cc1. The molecular formula is C45H44O6. The molecule has 0 spiro atoms. The summed E-state index contributed by atoms with van der Waals surface area (Å²) in [6.45, 7) is 13.0. The summed E-state index contributed by atoms with van der Waals surface area (Å²) in [6, 6.07) is 34.9. The van der Waals surface area contributed by atoms with Crippen molar-refractivity contribution in [3.05, 3.63) is 156 Å². The van der Waals surface area contributed by atoms with Gasteiger partial charge in [0.1, 0.15) is 11.5 Å². The van der Waals surface area contributed by atoms with Crippen LogP contribution < -0.4 is 9.47 Å². The number of unbranched alkanes of at least 4 members (excludes halogenated alkanes) is 2. The van der Waals surface area contributed by atoms with E-state index in [0.29, 0.717) is 39.3 Å². The van der Waals surface area contributed by atoms with E-state index < -0.39 is 17.4 Å². The molecule has 0 heterocycles. The number of rotatable bonds is 16. The van der Waals surface area contributed by atoms with Crippen molar-refractivity contribution in [3.63, 3.8) is 0 Å². The maximum Gasteiger partial charge on any atom is 0.330 e. The Labute approximate surface area is 300 Å². The number of hydrogen-bond acceptors (Lipinski definition) is 6. The summed E-state index contributed by atoms with van der Waals surface area (Å²) in [6.07, 6.45) is 5.31. The van der Waals surface area contributed by atoms with Crippen LogP contribution in [-0.4, -0.2) is 38.4 Å². The highest BCUT2D eigenvalue weighted by atomic mass is 16.5. The zero-order valence-corrected chi connectivity index (χ0v) is 29.4. The van der Waals surface area contributed by atoms with Gasteiger partial charge in [-0.2, -0.15) is 0 Å². The standard InChI is InChI=1S/C45H44O6/c1-5-43(46)50-25-11-9-23-48-37-19-15-35(16-20-37)45(36-17-21-38(22-18-36)49-24-10-12-26-51-44(47)6-2)41-28-32(4)31(3)27-39(41)40-29-33-13-7-8-14-34(33)30-42(40)45/h5-8,13-22,27-30H,1-2,9-12,23-26H2,3-4H3. The Balaban J connectivity index is 1.34. The van der Waals surface area contributed by atoms with Gasteiger partial charge in [0.2, 0.25) is 0 Å². The summed E-state index contributed by atoms with van der Waals surface area (Å²) in [7, 11) is 0. The second-order valence-corrected chi connectivity index (χ2v) is 12.9. The van der Waals surface area contributed by atoms with Gasteiger partial charge < -0.3 is 18.9 Å². The highest BCUT2D eigenvalue weighted by Crippen LogP contribution is 2.57. The third kappa shape index (κ3) is 7.46. The van der Waals surface area contributed by atoms with Crippen molar-refractivity contribution >= 4 is 22.7 Å². The summed E-state index contributed by atoms with van der Waals surface area (Å²) in [4.78, 5) is 22.6. The van der Waals surface area contributed by atoms with E-state index in [9.17, 15) is 9.59 Å². The predicted molar refractivity (Wildman–Crippen MR) is 202 cm³/mol. The third-order valence-corrected chi connectivity index (χ3v) is 9.63. The van der Waals surface area contributed by atoms with E-state index in [1.165, 1.54) is 56.3 Å². The van der Waals surface area contributed by atoms with Crippen LogP contribution in [0.1, 0.15) is 59.1 Å². The number of carbonyl (C=O) groups is 2. The summed E-state index contributed by atoms with van der Waals surface area (Å²) >= 11 is 0. The second kappa shape index (κ2) is 15.9. The van der Waals surface area contributed by atoms with Crippen LogP contribution in [0.4, 0.5) is 0 Å². The largest absolute Gasteiger partial charge is 0.494 e. The number of carbonyl (C=O) groups excluding carboxylic acids is 2. The molecule has 0 radical (unpaired) electrons. The lowest BCUT2D eigenvalue weighted by atomic mass is 9.67. The van der Waals surface area contributed by atoms with Crippen LogP contribution in [0.3, 0.4) is 0 Å². The van der Waals surface area contributed by atoms with Crippen LogP contribution in [-0.2, 0) is 24.5 Å². The molecule has 51 heavy (non-hydrogen) atoms. The van der Waals surface area contributed by atoms with E-state index in [1.54, 1.807) is 0 Å². The monoisotopic (exact) mass is 680 g/mol. The summed E-state index contributed by atoms with van der Waals surface area (Å²) in [5, 5.41) is 2.40. The smallest absolute Gasteiger partial charge is 0.330 e. The summed E-state index contributed by atoms with van der Waals surface area (Å²) in [5.41, 5.74) is 9.18. The normalized spacial score (nSPS) is 12.4. The average Bonchev–Trinajstić information content (AvgIpc) is 3.42. The Morgan fingerprint density at radius 1 is 0.569 bits per heavy atom. The molecule has 0 bridgehead atoms. The molecule has 0 aromatic heterocycles. The maximum absolute atomic E-state index is 11.3. The molecule has 6 rings (SSSR count). The molecule has 260 valence electrons. The van der Waals surface area contributed by atoms with Crippen molar-refractivity contribution in [2.24, 2.45) is 0 Å². The molecule has 0 aliphatic heterocycles. The topological polar surface area (TPSA) is 71.1 Å². The molecule has 0 N–H and O–H groups in total. The van der Waals surface area contributed by atoms with E-state index >= 15 is 0 Å². The molecule has 0 amide bonds. The van der Waals surface area contributed by atoms with E-state index in [-0.39, 0.29) is 0 Å². The lowest BCUT2D eigenvalue weighted by Crippen LogP contribution is -2.28. The van der Waals surface area contributed by atoms with Crippen LogP contribution in [0.5, 0.6) is 11.5 Å². The predicted octanol–water partition coefficient (Wildman–Crippen LogP) is 9.60. The number of benzene rings is 5. The first-order valence-corrected chi connectivity index (χ1v) is 17.6. The van der Waals surface area contributed by atoms with Gasteiger partial charge >= 0.3 is 11.9 Å². The van der Waals surface area contributed by atoms with Crippen molar-refractivity contribution in [2.75, 3.05) is 26.4 Å². The van der Waals surface area contributed by atoms with Crippen LogP contribution in [0, 0.1) is 13.8 Å². The van der Waals surface area contributed by atoms with Gasteiger partial charge in [0.05, 0.1) is 31.8 Å². The fourth-order valence-electron chi connectivity index (χ4n) is 6.91. The zero-order valence-electron chi connectivity index (χ0n) is 29.4. The van der Waals surface area contributed by atoms with Gasteiger partial charge in [-0.1, -0.05) is 73.8 Å². The number of hydrogen-bond donors (Lipinski definition) is 0. The number of fused-ring (bicyclic) bond motifs is 4. The molecule has 0 saturated heterocycles. The first-order valence-electron chi connectivity index (χ1n) is 17.6. The minimum absolute atomic E-state index is 0.346. The van der Waals surface area contributed by atoms with Crippen LogP contribution >= 0.6 is 0 Å². The molecule has 6 heteroatoms. The Bertz CT molecular complexity index is 1970. The Morgan fingerprint density at radius 2 is 1.00 bits per heavy atom. The van der Waals surface area contributed by atoms with Crippen LogP contribution in [0.15, 0.2) is 122 Å². The van der Waals surface area contributed by atoms with E-state index in [4.69, 9.17) is 18.9 Å². The van der Waals surface area contributed by atoms with Gasteiger partial charge in [-0.25, -0.2) is 9.59 Å². The van der Waals surface area contributed by atoms with Crippen LogP contribution in [0.25, 0.3) is 21.9 Å². The molecule has 5 aromatic carbocycles. The molecule has 5 aromatic rings.